The molecule has 0 unspecified atom stereocenters. The lowest BCUT2D eigenvalue weighted by atomic mass is 9.33. The zero-order valence-electron chi connectivity index (χ0n) is 28.2. The van der Waals surface area contributed by atoms with Crippen LogP contribution in [-0.2, 0) is 19.1 Å². The molecule has 4 saturated carbocycles. The van der Waals surface area contributed by atoms with Crippen LogP contribution in [0.1, 0.15) is 99.8 Å². The molecule has 248 valence electrons. The largest absolute Gasteiger partial charge is 0.481 e. The number of aliphatic hydroxyl groups excluding tert-OH is 2. The molecule has 0 aliphatic heterocycles. The number of aliphatic carboxylic acids is 1. The van der Waals surface area contributed by atoms with E-state index in [1.54, 1.807) is 11.8 Å². The first-order valence-electron chi connectivity index (χ1n) is 17.2. The maximum absolute atomic E-state index is 14.6. The zero-order valence-corrected chi connectivity index (χ0v) is 28.2. The van der Waals surface area contributed by atoms with Gasteiger partial charge in [-0.15, -0.1) is 0 Å². The molecule has 44 heavy (non-hydrogen) atoms. The number of carbonyl (C=O) groups excluding carboxylic acids is 2. The average molecular weight is 616 g/mol. The van der Waals surface area contributed by atoms with Crippen molar-refractivity contribution in [2.75, 3.05) is 32.8 Å². The van der Waals surface area contributed by atoms with Gasteiger partial charge in [-0.3, -0.25) is 19.3 Å². The second kappa shape index (κ2) is 11.5. The first-order chi connectivity index (χ1) is 20.5. The van der Waals surface area contributed by atoms with E-state index in [0.717, 1.165) is 19.3 Å². The van der Waals surface area contributed by atoms with E-state index in [-0.39, 0.29) is 66.7 Å². The van der Waals surface area contributed by atoms with Crippen molar-refractivity contribution in [2.45, 2.75) is 106 Å². The zero-order chi connectivity index (χ0) is 32.5. The Morgan fingerprint density at radius 2 is 1.59 bits per heavy atom. The standard InChI is InChI=1S/C36H57NO7/c1-22-8-11-32(3)14-15-34(5)24(29(32)23(22)2)20-25(40)30-33(4)12-10-27(44-28(41)21-37(16-18-38)17-19-39)36(7,31(42)43)26(33)9-13-35(30,34)6/h20,22-23,26-27,29-30,38-39H,8-19,21H2,1-7H3,(H,42,43)/t22-,23+,26-,27-,29+,30-,32-,33+,34-,35-,36-/m1/s1. The van der Waals surface area contributed by atoms with Crippen LogP contribution in [0.2, 0.25) is 0 Å². The first kappa shape index (κ1) is 33.6. The number of rotatable bonds is 8. The van der Waals surface area contributed by atoms with E-state index in [4.69, 9.17) is 4.74 Å². The summed E-state index contributed by atoms with van der Waals surface area (Å²) in [4.78, 5) is 42.5. The van der Waals surface area contributed by atoms with Crippen LogP contribution >= 0.6 is 0 Å². The Kier molecular flexibility index (Phi) is 8.77. The highest BCUT2D eigenvalue weighted by atomic mass is 16.5. The fraction of sp³-hybridized carbons (Fsp3) is 0.861. The average Bonchev–Trinajstić information content (AvgIpc) is 2.94. The molecule has 8 nitrogen and oxygen atoms in total. The number of nitrogens with zero attached hydrogens (tertiary/aromatic N) is 1. The predicted molar refractivity (Wildman–Crippen MR) is 167 cm³/mol. The van der Waals surface area contributed by atoms with E-state index in [2.05, 4.69) is 41.5 Å². The molecule has 0 heterocycles. The van der Waals surface area contributed by atoms with Crippen molar-refractivity contribution in [1.29, 1.82) is 0 Å². The maximum Gasteiger partial charge on any atom is 0.320 e. The first-order valence-corrected chi connectivity index (χ1v) is 17.2. The molecular formula is C36H57NO7. The molecular weight excluding hydrogens is 558 g/mol. The molecule has 3 N–H and O–H groups in total. The summed E-state index contributed by atoms with van der Waals surface area (Å²) in [6.07, 6.45) is 8.33. The molecule has 0 amide bonds. The van der Waals surface area contributed by atoms with Gasteiger partial charge in [0.15, 0.2) is 5.78 Å². The Morgan fingerprint density at radius 1 is 0.932 bits per heavy atom. The van der Waals surface area contributed by atoms with Crippen LogP contribution in [0.25, 0.3) is 0 Å². The molecule has 0 radical (unpaired) electrons. The van der Waals surface area contributed by atoms with Crippen molar-refractivity contribution in [3.63, 3.8) is 0 Å². The Morgan fingerprint density at radius 3 is 2.20 bits per heavy atom. The van der Waals surface area contributed by atoms with E-state index in [1.807, 2.05) is 6.08 Å². The van der Waals surface area contributed by atoms with E-state index < -0.39 is 28.9 Å². The third-order valence-electron chi connectivity index (χ3n) is 14.7. The quantitative estimate of drug-likeness (QED) is 0.322. The number of aliphatic hydroxyl groups is 2. The SMILES string of the molecule is C[C@H]1[C@H](C)CC[C@]2(C)CC[C@]3(C)C(=CC(=O)[C@@H]4[C@@]5(C)CC[C@@H](OC(=O)CN(CCO)CCO)[C@](C)(C(=O)O)[C@@H]5CC[C@]43C)[C@H]12. The molecule has 0 spiro atoms. The number of fused-ring (bicyclic) bond motifs is 7. The molecule has 11 atom stereocenters. The minimum atomic E-state index is -1.34. The van der Waals surface area contributed by atoms with Crippen LogP contribution in [0.5, 0.6) is 0 Å². The van der Waals surface area contributed by atoms with E-state index >= 15 is 0 Å². The highest BCUT2D eigenvalue weighted by Crippen LogP contribution is 2.75. The number of esters is 1. The van der Waals surface area contributed by atoms with Gasteiger partial charge in [0.1, 0.15) is 11.5 Å². The number of carbonyl (C=O) groups is 3. The van der Waals surface area contributed by atoms with Gasteiger partial charge in [0.05, 0.1) is 19.8 Å². The number of hydrogen-bond donors (Lipinski definition) is 3. The van der Waals surface area contributed by atoms with Gasteiger partial charge in [0, 0.05) is 19.0 Å². The van der Waals surface area contributed by atoms with Gasteiger partial charge in [-0.05, 0) is 110 Å². The number of ketones is 1. The van der Waals surface area contributed by atoms with Gasteiger partial charge in [-0.2, -0.15) is 0 Å². The van der Waals surface area contributed by atoms with Crippen molar-refractivity contribution in [3.8, 4) is 0 Å². The smallest absolute Gasteiger partial charge is 0.320 e. The van der Waals surface area contributed by atoms with Crippen molar-refractivity contribution < 1.29 is 34.4 Å². The molecule has 0 saturated heterocycles. The van der Waals surface area contributed by atoms with Crippen LogP contribution in [0.3, 0.4) is 0 Å². The Labute approximate surface area is 264 Å². The van der Waals surface area contributed by atoms with E-state index in [1.165, 1.54) is 18.4 Å². The number of allylic oxidation sites excluding steroid dienone is 2. The third kappa shape index (κ3) is 4.74. The molecule has 8 heteroatoms. The van der Waals surface area contributed by atoms with Gasteiger partial charge in [0.25, 0.3) is 0 Å². The molecule has 5 aliphatic rings. The normalized spacial score (nSPS) is 46.7. The second-order valence-electron chi connectivity index (χ2n) is 16.6. The minimum Gasteiger partial charge on any atom is -0.481 e. The molecule has 5 rings (SSSR count). The lowest BCUT2D eigenvalue weighted by Crippen LogP contribution is -2.68. The Bertz CT molecular complexity index is 1190. The summed E-state index contributed by atoms with van der Waals surface area (Å²) in [7, 11) is 0. The molecule has 4 fully saturated rings. The summed E-state index contributed by atoms with van der Waals surface area (Å²) >= 11 is 0. The van der Waals surface area contributed by atoms with Crippen LogP contribution in [0.15, 0.2) is 11.6 Å². The van der Waals surface area contributed by atoms with Crippen LogP contribution in [0, 0.1) is 56.7 Å². The Hall–Kier alpha value is -1.77. The maximum atomic E-state index is 14.6. The summed E-state index contributed by atoms with van der Waals surface area (Å²) in [5, 5.41) is 29.5. The van der Waals surface area contributed by atoms with Crippen molar-refractivity contribution in [3.05, 3.63) is 11.6 Å². The third-order valence-corrected chi connectivity index (χ3v) is 14.7. The highest BCUT2D eigenvalue weighted by Gasteiger charge is 2.72. The molecule has 0 aromatic heterocycles. The van der Waals surface area contributed by atoms with E-state index in [0.29, 0.717) is 37.0 Å². The molecule has 0 bridgehead atoms. The van der Waals surface area contributed by atoms with Gasteiger partial charge >= 0.3 is 11.9 Å². The summed E-state index contributed by atoms with van der Waals surface area (Å²) in [6, 6.07) is 0. The van der Waals surface area contributed by atoms with Gasteiger partial charge in [0.2, 0.25) is 0 Å². The van der Waals surface area contributed by atoms with Crippen LogP contribution in [-0.4, -0.2) is 76.9 Å². The van der Waals surface area contributed by atoms with Gasteiger partial charge in [-0.25, -0.2) is 0 Å². The predicted octanol–water partition coefficient (Wildman–Crippen LogP) is 5.11. The Balaban J connectivity index is 1.49. The lowest BCUT2D eigenvalue weighted by Gasteiger charge is -2.70. The fourth-order valence-corrected chi connectivity index (χ4v) is 11.8. The van der Waals surface area contributed by atoms with Crippen LogP contribution < -0.4 is 0 Å². The number of ether oxygens (including phenoxy) is 1. The van der Waals surface area contributed by atoms with Crippen molar-refractivity contribution >= 4 is 17.7 Å². The summed E-state index contributed by atoms with van der Waals surface area (Å²) in [5.74, 6) is -0.438. The summed E-state index contributed by atoms with van der Waals surface area (Å²) in [5.41, 5.74) is -0.700. The minimum absolute atomic E-state index is 0.124. The second-order valence-corrected chi connectivity index (χ2v) is 16.6. The molecule has 0 aromatic rings. The van der Waals surface area contributed by atoms with Crippen LogP contribution in [0.4, 0.5) is 0 Å². The number of hydrogen-bond acceptors (Lipinski definition) is 7. The van der Waals surface area contributed by atoms with Crippen molar-refractivity contribution in [1.82, 2.24) is 4.90 Å². The van der Waals surface area contributed by atoms with Crippen molar-refractivity contribution in [2.24, 2.45) is 56.7 Å². The van der Waals surface area contributed by atoms with E-state index in [9.17, 15) is 29.7 Å². The lowest BCUT2D eigenvalue weighted by molar-refractivity contribution is -0.221. The topological polar surface area (TPSA) is 124 Å². The van der Waals surface area contributed by atoms with Gasteiger partial charge in [-0.1, -0.05) is 47.1 Å². The summed E-state index contributed by atoms with van der Waals surface area (Å²) < 4.78 is 5.95. The monoisotopic (exact) mass is 615 g/mol. The van der Waals surface area contributed by atoms with Gasteiger partial charge < -0.3 is 20.1 Å². The highest BCUT2D eigenvalue weighted by molar-refractivity contribution is 5.96. The molecule has 0 aromatic carbocycles. The summed E-state index contributed by atoms with van der Waals surface area (Å²) in [6.45, 7) is 15.8. The molecule has 5 aliphatic carbocycles. The fourth-order valence-electron chi connectivity index (χ4n) is 11.8. The number of carboxylic acid groups (broad SMARTS) is 1. The number of carboxylic acids is 1.